The molecule has 1 spiro atoms. The number of ether oxygens (including phenoxy) is 1. The molecule has 0 aliphatic carbocycles. The number of anilines is 1. The second-order valence-corrected chi connectivity index (χ2v) is 8.02. The summed E-state index contributed by atoms with van der Waals surface area (Å²) in [4.78, 5) is 31.1. The van der Waals surface area contributed by atoms with Crippen molar-refractivity contribution in [1.29, 1.82) is 0 Å². The summed E-state index contributed by atoms with van der Waals surface area (Å²) in [6.45, 7) is 6.08. The quantitative estimate of drug-likeness (QED) is 0.794. The van der Waals surface area contributed by atoms with Gasteiger partial charge in [-0.2, -0.15) is 0 Å². The fourth-order valence-electron chi connectivity index (χ4n) is 4.15. The fraction of sp³-hybridized carbons (Fsp3) is 0.619. The predicted molar refractivity (Wildman–Crippen MR) is 106 cm³/mol. The van der Waals surface area contributed by atoms with Gasteiger partial charge >= 0.3 is 6.09 Å². The van der Waals surface area contributed by atoms with E-state index in [2.05, 4.69) is 13.8 Å². The molecule has 0 saturated carbocycles. The minimum Gasteiger partial charge on any atom is -0.441 e. The van der Waals surface area contributed by atoms with Gasteiger partial charge in [0.25, 0.3) is 5.91 Å². The monoisotopic (exact) mass is 373 g/mol. The van der Waals surface area contributed by atoms with E-state index >= 15 is 0 Å². The molecule has 1 aromatic carbocycles. The maximum atomic E-state index is 13.0. The van der Waals surface area contributed by atoms with Crippen molar-refractivity contribution in [2.45, 2.75) is 51.2 Å². The zero-order valence-corrected chi connectivity index (χ0v) is 16.9. The Balaban J connectivity index is 1.66. The molecule has 2 heterocycles. The van der Waals surface area contributed by atoms with Crippen molar-refractivity contribution in [1.82, 2.24) is 9.80 Å². The van der Waals surface area contributed by atoms with Gasteiger partial charge in [-0.05, 0) is 25.5 Å². The summed E-state index contributed by atoms with van der Waals surface area (Å²) in [5.41, 5.74) is 1.21. The minimum atomic E-state index is -0.434. The third kappa shape index (κ3) is 3.89. The highest BCUT2D eigenvalue weighted by molar-refractivity contribution is 5.99. The summed E-state index contributed by atoms with van der Waals surface area (Å²) in [5, 5.41) is 0. The Labute approximate surface area is 162 Å². The Bertz CT molecular complexity index is 696. The molecule has 0 N–H and O–H groups in total. The van der Waals surface area contributed by atoms with E-state index < -0.39 is 5.60 Å². The molecular weight excluding hydrogens is 342 g/mol. The molecule has 3 rings (SSSR count). The van der Waals surface area contributed by atoms with Gasteiger partial charge in [-0.25, -0.2) is 4.79 Å². The number of rotatable bonds is 5. The average molecular weight is 373 g/mol. The van der Waals surface area contributed by atoms with Gasteiger partial charge in [0.05, 0.1) is 12.1 Å². The van der Waals surface area contributed by atoms with Crippen LogP contribution in [0.3, 0.4) is 0 Å². The fourth-order valence-corrected chi connectivity index (χ4v) is 4.15. The molecule has 6 heteroatoms. The Hall–Kier alpha value is -2.24. The maximum Gasteiger partial charge on any atom is 0.410 e. The highest BCUT2D eigenvalue weighted by Crippen LogP contribution is 2.35. The van der Waals surface area contributed by atoms with Crippen LogP contribution in [0.15, 0.2) is 24.3 Å². The van der Waals surface area contributed by atoms with Gasteiger partial charge in [0, 0.05) is 51.8 Å². The van der Waals surface area contributed by atoms with Crippen LogP contribution in [0.4, 0.5) is 10.5 Å². The summed E-state index contributed by atoms with van der Waals surface area (Å²) in [6.07, 6.45) is 3.23. The van der Waals surface area contributed by atoms with Gasteiger partial charge in [-0.3, -0.25) is 4.79 Å². The summed E-state index contributed by atoms with van der Waals surface area (Å²) < 4.78 is 5.81. The third-order valence-corrected chi connectivity index (χ3v) is 5.81. The minimum absolute atomic E-state index is 0.0506. The van der Waals surface area contributed by atoms with Crippen molar-refractivity contribution < 1.29 is 14.3 Å². The lowest BCUT2D eigenvalue weighted by Gasteiger charge is -2.38. The van der Waals surface area contributed by atoms with Crippen LogP contribution in [0.25, 0.3) is 0 Å². The van der Waals surface area contributed by atoms with Crippen LogP contribution in [0, 0.1) is 0 Å². The van der Waals surface area contributed by atoms with Crippen LogP contribution < -0.4 is 4.90 Å². The first-order valence-electron chi connectivity index (χ1n) is 9.92. The molecule has 1 aromatic rings. The highest BCUT2D eigenvalue weighted by atomic mass is 16.6. The first-order chi connectivity index (χ1) is 12.9. The second-order valence-electron chi connectivity index (χ2n) is 8.02. The van der Waals surface area contributed by atoms with Gasteiger partial charge in [0.2, 0.25) is 0 Å². The molecule has 0 radical (unpaired) electrons. The van der Waals surface area contributed by atoms with E-state index in [9.17, 15) is 9.59 Å². The SMILES string of the molecule is CCCC(C)N1CC2(CCN(C(=O)c3ccccc3N(C)C)CC2)OC1=O. The van der Waals surface area contributed by atoms with Crippen molar-refractivity contribution in [2.24, 2.45) is 0 Å². The predicted octanol–water partition coefficient (Wildman–Crippen LogP) is 3.37. The molecule has 2 saturated heterocycles. The van der Waals surface area contributed by atoms with Crippen LogP contribution in [0.1, 0.15) is 49.9 Å². The number of hydrogen-bond acceptors (Lipinski definition) is 4. The lowest BCUT2D eigenvalue weighted by atomic mass is 9.90. The van der Waals surface area contributed by atoms with Crippen LogP contribution >= 0.6 is 0 Å². The zero-order chi connectivity index (χ0) is 19.6. The summed E-state index contributed by atoms with van der Waals surface area (Å²) in [7, 11) is 3.89. The molecule has 6 nitrogen and oxygen atoms in total. The van der Waals surface area contributed by atoms with Gasteiger partial charge in [0.1, 0.15) is 5.60 Å². The lowest BCUT2D eigenvalue weighted by Crippen LogP contribution is -2.49. The maximum absolute atomic E-state index is 13.0. The van der Waals surface area contributed by atoms with Crippen molar-refractivity contribution in [3.8, 4) is 0 Å². The molecule has 2 amide bonds. The topological polar surface area (TPSA) is 53.1 Å². The second kappa shape index (κ2) is 7.79. The van der Waals surface area contributed by atoms with Crippen molar-refractivity contribution in [2.75, 3.05) is 38.6 Å². The highest BCUT2D eigenvalue weighted by Gasteiger charge is 2.48. The van der Waals surface area contributed by atoms with Gasteiger partial charge < -0.3 is 19.4 Å². The van der Waals surface area contributed by atoms with E-state index in [0.29, 0.717) is 32.5 Å². The standard InChI is InChI=1S/C21H31N3O3/c1-5-8-16(2)24-15-21(27-20(24)26)11-13-23(14-12-21)19(25)17-9-6-7-10-18(17)22(3)4/h6-7,9-10,16H,5,8,11-15H2,1-4H3. The zero-order valence-electron chi connectivity index (χ0n) is 16.9. The van der Waals surface area contributed by atoms with Crippen molar-refractivity contribution >= 4 is 17.7 Å². The van der Waals surface area contributed by atoms with Gasteiger partial charge in [-0.1, -0.05) is 25.5 Å². The van der Waals surface area contributed by atoms with Gasteiger partial charge in [-0.15, -0.1) is 0 Å². The first-order valence-corrected chi connectivity index (χ1v) is 9.92. The lowest BCUT2D eigenvalue weighted by molar-refractivity contribution is 0.00309. The molecule has 148 valence electrons. The molecule has 1 unspecified atom stereocenters. The third-order valence-electron chi connectivity index (χ3n) is 5.81. The number of para-hydroxylation sites is 1. The Kier molecular flexibility index (Phi) is 5.63. The molecule has 0 aromatic heterocycles. The normalized spacial score (nSPS) is 19.9. The molecule has 0 bridgehead atoms. The van der Waals surface area contributed by atoms with E-state index in [1.54, 1.807) is 0 Å². The number of nitrogens with zero attached hydrogens (tertiary/aromatic N) is 3. The number of amides is 2. The molecule has 1 atom stereocenters. The number of likely N-dealkylation sites (tertiary alicyclic amines) is 1. The Morgan fingerprint density at radius 1 is 1.26 bits per heavy atom. The van der Waals surface area contributed by atoms with Crippen LogP contribution in [-0.4, -0.2) is 67.2 Å². The number of carbonyl (C=O) groups is 2. The van der Waals surface area contributed by atoms with Crippen LogP contribution in [-0.2, 0) is 4.74 Å². The largest absolute Gasteiger partial charge is 0.441 e. The van der Waals surface area contributed by atoms with Gasteiger partial charge in [0.15, 0.2) is 0 Å². The van der Waals surface area contributed by atoms with E-state index in [4.69, 9.17) is 4.74 Å². The van der Waals surface area contributed by atoms with E-state index in [0.717, 1.165) is 24.1 Å². The Morgan fingerprint density at radius 3 is 2.56 bits per heavy atom. The molecule has 2 aliphatic rings. The van der Waals surface area contributed by atoms with Crippen molar-refractivity contribution in [3.05, 3.63) is 29.8 Å². The first kappa shape index (κ1) is 19.5. The van der Waals surface area contributed by atoms with Crippen molar-refractivity contribution in [3.63, 3.8) is 0 Å². The summed E-state index contributed by atoms with van der Waals surface area (Å²) >= 11 is 0. The molecule has 2 fully saturated rings. The molecular formula is C21H31N3O3. The number of carbonyl (C=O) groups excluding carboxylic acids is 2. The van der Waals surface area contributed by atoms with E-state index in [-0.39, 0.29) is 18.0 Å². The number of piperidine rings is 1. The van der Waals surface area contributed by atoms with E-state index in [1.807, 2.05) is 53.1 Å². The smallest absolute Gasteiger partial charge is 0.410 e. The number of hydrogen-bond donors (Lipinski definition) is 0. The summed E-state index contributed by atoms with van der Waals surface area (Å²) in [5.74, 6) is 0.0506. The van der Waals surface area contributed by atoms with Crippen LogP contribution in [0.2, 0.25) is 0 Å². The number of benzene rings is 1. The van der Waals surface area contributed by atoms with E-state index in [1.165, 1.54) is 0 Å². The molecule has 2 aliphatic heterocycles. The molecule has 27 heavy (non-hydrogen) atoms. The van der Waals surface area contributed by atoms with Crippen LogP contribution in [0.5, 0.6) is 0 Å². The Morgan fingerprint density at radius 2 is 1.93 bits per heavy atom. The summed E-state index contributed by atoms with van der Waals surface area (Å²) in [6, 6.07) is 7.89. The average Bonchev–Trinajstić information content (AvgIpc) is 2.98.